The first-order valence-electron chi connectivity index (χ1n) is 7.02. The van der Waals surface area contributed by atoms with E-state index in [2.05, 4.69) is 38.8 Å². The van der Waals surface area contributed by atoms with Crippen molar-refractivity contribution in [1.29, 1.82) is 0 Å². The van der Waals surface area contributed by atoms with E-state index in [9.17, 15) is 0 Å². The van der Waals surface area contributed by atoms with Gasteiger partial charge in [-0.05, 0) is 36.7 Å². The molecular formula is C15H28N2OSi. The highest BCUT2D eigenvalue weighted by Crippen LogP contribution is 2.36. The zero-order chi connectivity index (χ0) is 14.5. The molecule has 0 aliphatic rings. The number of rotatable bonds is 6. The van der Waals surface area contributed by atoms with Crippen LogP contribution in [0.2, 0.25) is 18.1 Å². The molecule has 4 heteroatoms. The van der Waals surface area contributed by atoms with Crippen LogP contribution in [0.4, 0.5) is 0 Å². The maximum atomic E-state index is 6.14. The highest BCUT2D eigenvalue weighted by atomic mass is 28.4. The zero-order valence-electron chi connectivity index (χ0n) is 12.9. The Morgan fingerprint density at radius 2 is 2.00 bits per heavy atom. The highest BCUT2D eigenvalue weighted by Gasteiger charge is 2.36. The van der Waals surface area contributed by atoms with Crippen LogP contribution in [0.5, 0.6) is 0 Å². The molecule has 1 unspecified atom stereocenters. The Labute approximate surface area is 118 Å². The van der Waals surface area contributed by atoms with E-state index in [1.807, 2.05) is 24.4 Å². The first-order chi connectivity index (χ1) is 8.72. The number of nitrogens with zero attached hydrogens (tertiary/aromatic N) is 1. The molecule has 1 heterocycles. The van der Waals surface area contributed by atoms with Gasteiger partial charge >= 0.3 is 0 Å². The maximum Gasteiger partial charge on any atom is 0.191 e. The van der Waals surface area contributed by atoms with Crippen molar-refractivity contribution < 1.29 is 4.43 Å². The SMILES string of the molecule is CC(C)(C)[Si](C)(C)OCCC(N)Cc1ccccn1. The minimum absolute atomic E-state index is 0.125. The van der Waals surface area contributed by atoms with Crippen LogP contribution in [0.3, 0.4) is 0 Å². The molecule has 2 N–H and O–H groups in total. The van der Waals surface area contributed by atoms with Crippen molar-refractivity contribution in [2.24, 2.45) is 5.73 Å². The minimum atomic E-state index is -1.63. The molecule has 0 spiro atoms. The van der Waals surface area contributed by atoms with E-state index in [0.29, 0.717) is 0 Å². The molecule has 0 aliphatic carbocycles. The Morgan fingerprint density at radius 1 is 1.32 bits per heavy atom. The predicted octanol–water partition coefficient (Wildman–Crippen LogP) is 3.36. The monoisotopic (exact) mass is 280 g/mol. The summed E-state index contributed by atoms with van der Waals surface area (Å²) in [4.78, 5) is 4.30. The summed E-state index contributed by atoms with van der Waals surface area (Å²) in [7, 11) is -1.63. The van der Waals surface area contributed by atoms with Crippen molar-refractivity contribution in [1.82, 2.24) is 4.98 Å². The summed E-state index contributed by atoms with van der Waals surface area (Å²) in [6, 6.07) is 6.07. The largest absolute Gasteiger partial charge is 0.417 e. The van der Waals surface area contributed by atoms with Crippen molar-refractivity contribution in [3.63, 3.8) is 0 Å². The molecule has 1 aromatic rings. The molecule has 1 atom stereocenters. The lowest BCUT2D eigenvalue weighted by Crippen LogP contribution is -2.41. The van der Waals surface area contributed by atoms with Crippen LogP contribution < -0.4 is 5.73 Å². The highest BCUT2D eigenvalue weighted by molar-refractivity contribution is 6.74. The van der Waals surface area contributed by atoms with E-state index in [0.717, 1.165) is 25.1 Å². The van der Waals surface area contributed by atoms with Crippen LogP contribution in [0.1, 0.15) is 32.9 Å². The van der Waals surface area contributed by atoms with Gasteiger partial charge in [-0.2, -0.15) is 0 Å². The standard InChI is InChI=1S/C15H28N2OSi/c1-15(2,3)19(4,5)18-11-9-13(16)12-14-8-6-7-10-17-14/h6-8,10,13H,9,11-12,16H2,1-5H3. The molecule has 108 valence electrons. The van der Waals surface area contributed by atoms with Gasteiger partial charge in [-0.1, -0.05) is 26.8 Å². The molecule has 0 bridgehead atoms. The van der Waals surface area contributed by atoms with Gasteiger partial charge < -0.3 is 10.2 Å². The second-order valence-electron chi connectivity index (χ2n) is 6.68. The van der Waals surface area contributed by atoms with Gasteiger partial charge in [0.25, 0.3) is 0 Å². The normalized spacial score (nSPS) is 14.4. The third-order valence-electron chi connectivity index (χ3n) is 3.96. The fourth-order valence-electron chi connectivity index (χ4n) is 1.57. The lowest BCUT2D eigenvalue weighted by molar-refractivity contribution is 0.271. The van der Waals surface area contributed by atoms with Crippen LogP contribution in [0.15, 0.2) is 24.4 Å². The summed E-state index contributed by atoms with van der Waals surface area (Å²) < 4.78 is 6.14. The molecule has 0 aromatic carbocycles. The lowest BCUT2D eigenvalue weighted by Gasteiger charge is -2.36. The molecule has 0 amide bonds. The fraction of sp³-hybridized carbons (Fsp3) is 0.667. The summed E-state index contributed by atoms with van der Waals surface area (Å²) in [5.41, 5.74) is 7.20. The van der Waals surface area contributed by atoms with Crippen LogP contribution in [0.25, 0.3) is 0 Å². The Bertz CT molecular complexity index is 373. The van der Waals surface area contributed by atoms with Gasteiger partial charge in [-0.15, -0.1) is 0 Å². The summed E-state index contributed by atoms with van der Waals surface area (Å²) in [5.74, 6) is 0. The number of hydrogen-bond donors (Lipinski definition) is 1. The minimum Gasteiger partial charge on any atom is -0.417 e. The summed E-state index contributed by atoms with van der Waals surface area (Å²) in [6.07, 6.45) is 3.53. The zero-order valence-corrected chi connectivity index (χ0v) is 13.9. The summed E-state index contributed by atoms with van der Waals surface area (Å²) in [5, 5.41) is 0.262. The van der Waals surface area contributed by atoms with Crippen LogP contribution in [-0.2, 0) is 10.8 Å². The second kappa shape index (κ2) is 6.64. The van der Waals surface area contributed by atoms with E-state index >= 15 is 0 Å². The quantitative estimate of drug-likeness (QED) is 0.813. The molecule has 0 saturated heterocycles. The molecule has 0 saturated carbocycles. The van der Waals surface area contributed by atoms with Crippen molar-refractivity contribution in [2.75, 3.05) is 6.61 Å². The first-order valence-corrected chi connectivity index (χ1v) is 9.92. The molecule has 1 rings (SSSR count). The van der Waals surface area contributed by atoms with Crippen LogP contribution in [0, 0.1) is 0 Å². The van der Waals surface area contributed by atoms with Crippen LogP contribution >= 0.6 is 0 Å². The average molecular weight is 280 g/mol. The fourth-order valence-corrected chi connectivity index (χ4v) is 2.63. The van der Waals surface area contributed by atoms with Gasteiger partial charge in [-0.3, -0.25) is 4.98 Å². The topological polar surface area (TPSA) is 48.1 Å². The second-order valence-corrected chi connectivity index (χ2v) is 11.5. The smallest absolute Gasteiger partial charge is 0.191 e. The van der Waals surface area contributed by atoms with Gasteiger partial charge in [0.2, 0.25) is 0 Å². The Balaban J connectivity index is 2.34. The Kier molecular flexibility index (Phi) is 5.71. The van der Waals surface area contributed by atoms with Gasteiger partial charge in [0, 0.05) is 31.0 Å². The number of aromatic nitrogens is 1. The molecule has 0 aliphatic heterocycles. The molecular weight excluding hydrogens is 252 g/mol. The molecule has 0 radical (unpaired) electrons. The average Bonchev–Trinajstić information content (AvgIpc) is 2.28. The summed E-state index contributed by atoms with van der Waals surface area (Å²) >= 11 is 0. The number of nitrogens with two attached hydrogens (primary N) is 1. The first kappa shape index (κ1) is 16.3. The van der Waals surface area contributed by atoms with E-state index in [1.165, 1.54) is 0 Å². The number of pyridine rings is 1. The molecule has 0 fully saturated rings. The summed E-state index contributed by atoms with van der Waals surface area (Å²) in [6.45, 7) is 12.1. The third kappa shape index (κ3) is 5.43. The van der Waals surface area contributed by atoms with E-state index in [1.54, 1.807) is 0 Å². The van der Waals surface area contributed by atoms with E-state index < -0.39 is 8.32 Å². The molecule has 1 aromatic heterocycles. The Morgan fingerprint density at radius 3 is 2.53 bits per heavy atom. The van der Waals surface area contributed by atoms with Gasteiger partial charge in [-0.25, -0.2) is 0 Å². The molecule has 19 heavy (non-hydrogen) atoms. The predicted molar refractivity (Wildman–Crippen MR) is 83.7 cm³/mol. The Hall–Kier alpha value is -0.713. The van der Waals surface area contributed by atoms with E-state index in [4.69, 9.17) is 10.2 Å². The van der Waals surface area contributed by atoms with Crippen molar-refractivity contribution in [3.8, 4) is 0 Å². The molecule has 3 nitrogen and oxygen atoms in total. The lowest BCUT2D eigenvalue weighted by atomic mass is 10.1. The van der Waals surface area contributed by atoms with Crippen molar-refractivity contribution in [3.05, 3.63) is 30.1 Å². The van der Waals surface area contributed by atoms with Gasteiger partial charge in [0.15, 0.2) is 8.32 Å². The third-order valence-corrected chi connectivity index (χ3v) is 8.49. The maximum absolute atomic E-state index is 6.14. The van der Waals surface area contributed by atoms with Gasteiger partial charge in [0.05, 0.1) is 0 Å². The van der Waals surface area contributed by atoms with Crippen LogP contribution in [-0.4, -0.2) is 26.0 Å². The number of hydrogen-bond acceptors (Lipinski definition) is 3. The van der Waals surface area contributed by atoms with E-state index in [-0.39, 0.29) is 11.1 Å². The van der Waals surface area contributed by atoms with Crippen molar-refractivity contribution >= 4 is 8.32 Å². The van der Waals surface area contributed by atoms with Crippen molar-refractivity contribution in [2.45, 2.75) is 57.8 Å². The van der Waals surface area contributed by atoms with Gasteiger partial charge in [0.1, 0.15) is 0 Å².